The van der Waals surface area contributed by atoms with Crippen LogP contribution < -0.4 is 10.6 Å². The summed E-state index contributed by atoms with van der Waals surface area (Å²) in [4.78, 5) is 23.1. The zero-order valence-corrected chi connectivity index (χ0v) is 18.8. The van der Waals surface area contributed by atoms with Crippen molar-refractivity contribution < 1.29 is 4.79 Å². The molecule has 1 unspecified atom stereocenters. The van der Waals surface area contributed by atoms with Gasteiger partial charge in [0.25, 0.3) is 5.91 Å². The standard InChI is InChI=1S/C22H17BrN6OS/c1-13-18(21(30)26-16-7-3-9-24-12-16)19(14-5-2-6-15(23)11-14)29-22(25-13)27-20(28-29)17-8-4-10-31-17/h2-12,19H,1H3,(H,26,30)(H,25,27,28). The second-order valence-electron chi connectivity index (χ2n) is 7.00. The number of carbonyl (C=O) groups is 1. The van der Waals surface area contributed by atoms with E-state index in [2.05, 4.69) is 36.5 Å². The molecule has 4 heterocycles. The van der Waals surface area contributed by atoms with Gasteiger partial charge in [-0.05, 0) is 48.2 Å². The number of pyridine rings is 1. The monoisotopic (exact) mass is 492 g/mol. The topological polar surface area (TPSA) is 84.7 Å². The van der Waals surface area contributed by atoms with Crippen molar-refractivity contribution in [3.63, 3.8) is 0 Å². The summed E-state index contributed by atoms with van der Waals surface area (Å²) in [7, 11) is 0. The van der Waals surface area contributed by atoms with E-state index < -0.39 is 6.04 Å². The van der Waals surface area contributed by atoms with E-state index in [1.54, 1.807) is 40.5 Å². The minimum atomic E-state index is -0.438. The van der Waals surface area contributed by atoms with Gasteiger partial charge in [0.2, 0.25) is 5.95 Å². The fraction of sp³-hybridized carbons (Fsp3) is 0.0909. The molecule has 3 aromatic heterocycles. The molecule has 0 spiro atoms. The number of thiophene rings is 1. The molecule has 1 aliphatic heterocycles. The van der Waals surface area contributed by atoms with E-state index in [4.69, 9.17) is 5.10 Å². The van der Waals surface area contributed by atoms with Crippen molar-refractivity contribution >= 4 is 44.8 Å². The third-order valence-corrected chi connectivity index (χ3v) is 6.28. The second kappa shape index (κ2) is 8.09. The molecular weight excluding hydrogens is 476 g/mol. The molecule has 0 aliphatic carbocycles. The van der Waals surface area contributed by atoms with E-state index in [9.17, 15) is 4.79 Å². The molecular formula is C22H17BrN6OS. The molecule has 0 saturated carbocycles. The molecule has 0 fully saturated rings. The number of aromatic nitrogens is 4. The Bertz CT molecular complexity index is 1280. The highest BCUT2D eigenvalue weighted by molar-refractivity contribution is 9.10. The fourth-order valence-corrected chi connectivity index (χ4v) is 4.64. The smallest absolute Gasteiger partial charge is 0.255 e. The van der Waals surface area contributed by atoms with Gasteiger partial charge in [-0.3, -0.25) is 9.78 Å². The van der Waals surface area contributed by atoms with Crippen LogP contribution in [-0.2, 0) is 4.79 Å². The van der Waals surface area contributed by atoms with Gasteiger partial charge in [-0.1, -0.05) is 34.1 Å². The summed E-state index contributed by atoms with van der Waals surface area (Å²) in [6.07, 6.45) is 3.29. The Hall–Kier alpha value is -3.30. The van der Waals surface area contributed by atoms with Gasteiger partial charge in [-0.2, -0.15) is 4.98 Å². The van der Waals surface area contributed by atoms with Gasteiger partial charge in [-0.15, -0.1) is 16.4 Å². The average molecular weight is 493 g/mol. The number of carbonyl (C=O) groups excluding carboxylic acids is 1. The molecule has 0 radical (unpaired) electrons. The quantitative estimate of drug-likeness (QED) is 0.414. The SMILES string of the molecule is CC1=C(C(=O)Nc2cccnc2)C(c2cccc(Br)c2)n2nc(-c3cccs3)nc2N1. The Kier molecular flexibility index (Phi) is 5.13. The summed E-state index contributed by atoms with van der Waals surface area (Å²) in [5.74, 6) is 1.00. The number of hydrogen-bond donors (Lipinski definition) is 2. The molecule has 1 atom stereocenters. The van der Waals surface area contributed by atoms with Gasteiger partial charge in [0.05, 0.1) is 22.3 Å². The third-order valence-electron chi connectivity index (χ3n) is 4.92. The fourth-order valence-electron chi connectivity index (χ4n) is 3.58. The van der Waals surface area contributed by atoms with Crippen LogP contribution in [0.5, 0.6) is 0 Å². The van der Waals surface area contributed by atoms with Gasteiger partial charge in [0, 0.05) is 16.4 Å². The first-order chi connectivity index (χ1) is 15.1. The number of halogens is 1. The van der Waals surface area contributed by atoms with Crippen molar-refractivity contribution in [3.8, 4) is 10.7 Å². The Morgan fingerprint density at radius 1 is 1.23 bits per heavy atom. The summed E-state index contributed by atoms with van der Waals surface area (Å²) in [6.45, 7) is 1.88. The van der Waals surface area contributed by atoms with Crippen LogP contribution in [0.25, 0.3) is 10.7 Å². The van der Waals surface area contributed by atoms with Crippen LogP contribution in [0.2, 0.25) is 0 Å². The first-order valence-electron chi connectivity index (χ1n) is 9.55. The molecule has 1 aliphatic rings. The molecule has 9 heteroatoms. The number of rotatable bonds is 4. The lowest BCUT2D eigenvalue weighted by Crippen LogP contribution is -2.31. The minimum absolute atomic E-state index is 0.221. The largest absolute Gasteiger partial charge is 0.328 e. The summed E-state index contributed by atoms with van der Waals surface area (Å²) >= 11 is 5.12. The Labute approximate surface area is 191 Å². The van der Waals surface area contributed by atoms with Gasteiger partial charge < -0.3 is 10.6 Å². The molecule has 0 saturated heterocycles. The van der Waals surface area contributed by atoms with Crippen LogP contribution in [-0.4, -0.2) is 25.7 Å². The zero-order chi connectivity index (χ0) is 21.4. The minimum Gasteiger partial charge on any atom is -0.328 e. The Morgan fingerprint density at radius 2 is 2.13 bits per heavy atom. The van der Waals surface area contributed by atoms with Gasteiger partial charge in [0.1, 0.15) is 6.04 Å². The van der Waals surface area contributed by atoms with E-state index >= 15 is 0 Å². The first kappa shape index (κ1) is 19.7. The van der Waals surface area contributed by atoms with Crippen molar-refractivity contribution in [2.45, 2.75) is 13.0 Å². The van der Waals surface area contributed by atoms with E-state index in [0.717, 1.165) is 20.6 Å². The number of hydrogen-bond acceptors (Lipinski definition) is 6. The highest BCUT2D eigenvalue weighted by Crippen LogP contribution is 2.37. The average Bonchev–Trinajstić information content (AvgIpc) is 3.43. The predicted octanol–water partition coefficient (Wildman–Crippen LogP) is 5.09. The second-order valence-corrected chi connectivity index (χ2v) is 8.86. The summed E-state index contributed by atoms with van der Waals surface area (Å²) in [6, 6.07) is 15.0. The summed E-state index contributed by atoms with van der Waals surface area (Å²) in [5, 5.41) is 13.0. The zero-order valence-electron chi connectivity index (χ0n) is 16.4. The summed E-state index contributed by atoms with van der Waals surface area (Å²) in [5.41, 5.74) is 2.85. The lowest BCUT2D eigenvalue weighted by Gasteiger charge is -2.28. The molecule has 4 aromatic rings. The highest BCUT2D eigenvalue weighted by Gasteiger charge is 2.34. The van der Waals surface area contributed by atoms with Gasteiger partial charge in [-0.25, -0.2) is 4.68 Å². The molecule has 154 valence electrons. The van der Waals surface area contributed by atoms with Crippen LogP contribution in [0.1, 0.15) is 18.5 Å². The molecule has 1 aromatic carbocycles. The van der Waals surface area contributed by atoms with Crippen molar-refractivity contribution in [3.05, 3.63) is 87.6 Å². The van der Waals surface area contributed by atoms with Crippen molar-refractivity contribution in [2.24, 2.45) is 0 Å². The summed E-state index contributed by atoms with van der Waals surface area (Å²) < 4.78 is 2.70. The number of amides is 1. The number of anilines is 2. The highest BCUT2D eigenvalue weighted by atomic mass is 79.9. The Morgan fingerprint density at radius 3 is 2.87 bits per heavy atom. The first-order valence-corrected chi connectivity index (χ1v) is 11.2. The van der Waals surface area contributed by atoms with Crippen molar-refractivity contribution in [1.82, 2.24) is 19.7 Å². The maximum Gasteiger partial charge on any atom is 0.255 e. The lowest BCUT2D eigenvalue weighted by molar-refractivity contribution is -0.113. The lowest BCUT2D eigenvalue weighted by atomic mass is 9.95. The predicted molar refractivity (Wildman–Crippen MR) is 125 cm³/mol. The van der Waals surface area contributed by atoms with Gasteiger partial charge >= 0.3 is 0 Å². The van der Waals surface area contributed by atoms with E-state index in [0.29, 0.717) is 23.0 Å². The molecule has 1 amide bonds. The van der Waals surface area contributed by atoms with Crippen LogP contribution in [0, 0.1) is 0 Å². The number of benzene rings is 1. The van der Waals surface area contributed by atoms with Crippen LogP contribution in [0.4, 0.5) is 11.6 Å². The molecule has 7 nitrogen and oxygen atoms in total. The molecule has 0 bridgehead atoms. The van der Waals surface area contributed by atoms with Crippen molar-refractivity contribution in [1.29, 1.82) is 0 Å². The third kappa shape index (κ3) is 3.77. The number of nitrogens with zero attached hydrogens (tertiary/aromatic N) is 4. The number of fused-ring (bicyclic) bond motifs is 1. The van der Waals surface area contributed by atoms with Crippen LogP contribution in [0.3, 0.4) is 0 Å². The molecule has 2 N–H and O–H groups in total. The number of allylic oxidation sites excluding steroid dienone is 1. The van der Waals surface area contributed by atoms with Crippen LogP contribution in [0.15, 0.2) is 82.0 Å². The van der Waals surface area contributed by atoms with Gasteiger partial charge in [0.15, 0.2) is 5.82 Å². The van der Waals surface area contributed by atoms with Crippen LogP contribution >= 0.6 is 27.3 Å². The molecule has 31 heavy (non-hydrogen) atoms. The Balaban J connectivity index is 1.62. The van der Waals surface area contributed by atoms with E-state index in [1.807, 2.05) is 48.7 Å². The normalized spacial score (nSPS) is 15.4. The number of nitrogens with one attached hydrogen (secondary N) is 2. The van der Waals surface area contributed by atoms with E-state index in [1.165, 1.54) is 0 Å². The van der Waals surface area contributed by atoms with Crippen molar-refractivity contribution in [2.75, 3.05) is 10.6 Å². The molecule has 5 rings (SSSR count). The maximum absolute atomic E-state index is 13.4. The van der Waals surface area contributed by atoms with E-state index in [-0.39, 0.29) is 5.91 Å². The maximum atomic E-state index is 13.4.